The highest BCUT2D eigenvalue weighted by molar-refractivity contribution is 5.78. The van der Waals surface area contributed by atoms with Crippen molar-refractivity contribution in [2.75, 3.05) is 0 Å². The first-order valence-electron chi connectivity index (χ1n) is 8.22. The van der Waals surface area contributed by atoms with Crippen molar-refractivity contribution < 1.29 is 9.53 Å². The topological polar surface area (TPSA) is 67.0 Å². The number of carbonyl (C=O) groups is 1. The van der Waals surface area contributed by atoms with E-state index in [9.17, 15) is 4.79 Å². The third-order valence-corrected chi connectivity index (χ3v) is 4.90. The molecule has 120 valence electrons. The average Bonchev–Trinajstić information content (AvgIpc) is 2.90. The number of hydrogen-bond donors (Lipinski definition) is 2. The lowest BCUT2D eigenvalue weighted by molar-refractivity contribution is -0.122. The molecule has 0 saturated heterocycles. The zero-order valence-electron chi connectivity index (χ0n) is 13.3. The molecular weight excluding hydrogens is 290 g/mol. The molecule has 1 fully saturated rings. The van der Waals surface area contributed by atoms with Crippen LogP contribution in [0.4, 0.5) is 0 Å². The molecule has 1 spiro atoms. The molecule has 2 heterocycles. The molecule has 1 aromatic carbocycles. The SMILES string of the molecule is Cc1cc(CC(=O)N[C@@H]2CC3(CCC3)Oc3ccccc32)n[nH]1. The Balaban J connectivity index is 1.52. The predicted molar refractivity (Wildman–Crippen MR) is 86.2 cm³/mol. The van der Waals surface area contributed by atoms with E-state index in [2.05, 4.69) is 15.5 Å². The zero-order valence-corrected chi connectivity index (χ0v) is 13.3. The minimum absolute atomic E-state index is 0.00711. The maximum Gasteiger partial charge on any atom is 0.226 e. The first kappa shape index (κ1) is 14.3. The number of amides is 1. The molecule has 1 atom stereocenters. The molecule has 1 amide bonds. The van der Waals surface area contributed by atoms with Gasteiger partial charge in [0.25, 0.3) is 0 Å². The molecule has 5 heteroatoms. The summed E-state index contributed by atoms with van der Waals surface area (Å²) in [4.78, 5) is 12.4. The second kappa shape index (κ2) is 5.41. The number of ether oxygens (including phenoxy) is 1. The maximum absolute atomic E-state index is 12.4. The summed E-state index contributed by atoms with van der Waals surface area (Å²) in [6, 6.07) is 9.96. The molecule has 2 N–H and O–H groups in total. The van der Waals surface area contributed by atoms with Gasteiger partial charge in [-0.1, -0.05) is 18.2 Å². The number of aryl methyl sites for hydroxylation is 1. The Kier molecular flexibility index (Phi) is 3.36. The number of nitrogens with one attached hydrogen (secondary N) is 2. The maximum atomic E-state index is 12.4. The van der Waals surface area contributed by atoms with E-state index in [1.165, 1.54) is 6.42 Å². The standard InChI is InChI=1S/C18H21N3O2/c1-12-9-13(21-20-12)10-17(22)19-15-11-18(7-4-8-18)23-16-6-3-2-5-14(15)16/h2-3,5-6,9,15H,4,7-8,10-11H2,1H3,(H,19,22)(H,20,21)/t15-/m1/s1. The van der Waals surface area contributed by atoms with Crippen LogP contribution in [0.1, 0.15) is 48.7 Å². The normalized spacial score (nSPS) is 21.2. The van der Waals surface area contributed by atoms with Gasteiger partial charge < -0.3 is 10.1 Å². The lowest BCUT2D eigenvalue weighted by atomic mass is 9.73. The van der Waals surface area contributed by atoms with Crippen molar-refractivity contribution in [3.05, 3.63) is 47.3 Å². The van der Waals surface area contributed by atoms with E-state index in [-0.39, 0.29) is 17.6 Å². The van der Waals surface area contributed by atoms with Gasteiger partial charge in [0.15, 0.2) is 0 Å². The number of aromatic nitrogens is 2. The Hall–Kier alpha value is -2.30. The summed E-state index contributed by atoms with van der Waals surface area (Å²) in [6.07, 6.45) is 4.51. The molecule has 0 bridgehead atoms. The van der Waals surface area contributed by atoms with Gasteiger partial charge in [0.05, 0.1) is 18.2 Å². The Labute approximate surface area is 135 Å². The molecule has 1 aliphatic heterocycles. The quantitative estimate of drug-likeness (QED) is 0.916. The fraction of sp³-hybridized carbons (Fsp3) is 0.444. The molecule has 5 nitrogen and oxygen atoms in total. The van der Waals surface area contributed by atoms with E-state index in [1.807, 2.05) is 37.3 Å². The fourth-order valence-corrected chi connectivity index (χ4v) is 3.60. The minimum Gasteiger partial charge on any atom is -0.487 e. The molecule has 0 radical (unpaired) electrons. The van der Waals surface area contributed by atoms with Crippen LogP contribution in [-0.2, 0) is 11.2 Å². The molecule has 0 unspecified atom stereocenters. The number of benzene rings is 1. The van der Waals surface area contributed by atoms with Crippen LogP contribution in [0, 0.1) is 6.92 Å². The van der Waals surface area contributed by atoms with E-state index in [0.717, 1.165) is 42.0 Å². The summed E-state index contributed by atoms with van der Waals surface area (Å²) < 4.78 is 6.22. The van der Waals surface area contributed by atoms with Crippen LogP contribution in [0.2, 0.25) is 0 Å². The lowest BCUT2D eigenvalue weighted by Crippen LogP contribution is -2.49. The second-order valence-electron chi connectivity index (χ2n) is 6.72. The minimum atomic E-state index is -0.0742. The number of hydrogen-bond acceptors (Lipinski definition) is 3. The summed E-state index contributed by atoms with van der Waals surface area (Å²) in [7, 11) is 0. The van der Waals surface area contributed by atoms with Crippen LogP contribution in [0.5, 0.6) is 5.75 Å². The molecule has 23 heavy (non-hydrogen) atoms. The Morgan fingerprint density at radius 3 is 2.96 bits per heavy atom. The van der Waals surface area contributed by atoms with E-state index in [4.69, 9.17) is 4.74 Å². The first-order chi connectivity index (χ1) is 11.1. The summed E-state index contributed by atoms with van der Waals surface area (Å²) >= 11 is 0. The molecule has 1 aliphatic carbocycles. The van der Waals surface area contributed by atoms with Gasteiger partial charge in [-0.15, -0.1) is 0 Å². The Morgan fingerprint density at radius 2 is 2.26 bits per heavy atom. The fourth-order valence-electron chi connectivity index (χ4n) is 3.60. The monoisotopic (exact) mass is 311 g/mol. The number of fused-ring (bicyclic) bond motifs is 1. The molecular formula is C18H21N3O2. The highest BCUT2D eigenvalue weighted by Gasteiger charge is 2.45. The first-order valence-corrected chi connectivity index (χ1v) is 8.22. The van der Waals surface area contributed by atoms with Gasteiger partial charge in [0, 0.05) is 17.7 Å². The van der Waals surface area contributed by atoms with Crippen molar-refractivity contribution in [3.63, 3.8) is 0 Å². The summed E-state index contributed by atoms with van der Waals surface area (Å²) in [5.41, 5.74) is 2.75. The van der Waals surface area contributed by atoms with Crippen LogP contribution >= 0.6 is 0 Å². The molecule has 4 rings (SSSR count). The van der Waals surface area contributed by atoms with Crippen molar-refractivity contribution in [2.45, 2.75) is 50.7 Å². The van der Waals surface area contributed by atoms with Gasteiger partial charge in [-0.2, -0.15) is 5.10 Å². The lowest BCUT2D eigenvalue weighted by Gasteiger charge is -2.48. The van der Waals surface area contributed by atoms with Gasteiger partial charge in [-0.05, 0) is 38.3 Å². The average molecular weight is 311 g/mol. The number of rotatable bonds is 3. The van der Waals surface area contributed by atoms with Crippen LogP contribution < -0.4 is 10.1 Å². The van der Waals surface area contributed by atoms with Crippen LogP contribution in [0.3, 0.4) is 0 Å². The number of aromatic amines is 1. The van der Waals surface area contributed by atoms with Crippen molar-refractivity contribution in [3.8, 4) is 5.75 Å². The van der Waals surface area contributed by atoms with Gasteiger partial charge in [-0.25, -0.2) is 0 Å². The largest absolute Gasteiger partial charge is 0.487 e. The van der Waals surface area contributed by atoms with E-state index in [1.54, 1.807) is 0 Å². The highest BCUT2D eigenvalue weighted by Crippen LogP contribution is 2.48. The van der Waals surface area contributed by atoms with Gasteiger partial charge in [0.1, 0.15) is 11.4 Å². The third-order valence-electron chi connectivity index (χ3n) is 4.90. The van der Waals surface area contributed by atoms with Gasteiger partial charge in [-0.3, -0.25) is 9.89 Å². The third kappa shape index (κ3) is 2.71. The van der Waals surface area contributed by atoms with Crippen molar-refractivity contribution in [1.82, 2.24) is 15.5 Å². The summed E-state index contributed by atoms with van der Waals surface area (Å²) in [5.74, 6) is 0.923. The van der Waals surface area contributed by atoms with Gasteiger partial charge >= 0.3 is 0 Å². The smallest absolute Gasteiger partial charge is 0.226 e. The van der Waals surface area contributed by atoms with E-state index in [0.29, 0.717) is 6.42 Å². The van der Waals surface area contributed by atoms with Gasteiger partial charge in [0.2, 0.25) is 5.91 Å². The van der Waals surface area contributed by atoms with Crippen molar-refractivity contribution >= 4 is 5.91 Å². The van der Waals surface area contributed by atoms with Crippen LogP contribution in [0.25, 0.3) is 0 Å². The molecule has 1 aromatic heterocycles. The predicted octanol–water partition coefficient (Wildman–Crippen LogP) is 2.82. The number of nitrogens with zero attached hydrogens (tertiary/aromatic N) is 1. The molecule has 2 aromatic rings. The van der Waals surface area contributed by atoms with Crippen molar-refractivity contribution in [2.24, 2.45) is 0 Å². The van der Waals surface area contributed by atoms with E-state index >= 15 is 0 Å². The van der Waals surface area contributed by atoms with Crippen molar-refractivity contribution in [1.29, 1.82) is 0 Å². The Morgan fingerprint density at radius 1 is 1.43 bits per heavy atom. The Bertz CT molecular complexity index is 733. The summed E-state index contributed by atoms with van der Waals surface area (Å²) in [5, 5.41) is 10.2. The number of carbonyl (C=O) groups excluding carboxylic acids is 1. The number of para-hydroxylation sites is 1. The highest BCUT2D eigenvalue weighted by atomic mass is 16.5. The zero-order chi connectivity index (χ0) is 15.9. The summed E-state index contributed by atoms with van der Waals surface area (Å²) in [6.45, 7) is 1.93. The molecule has 1 saturated carbocycles. The molecule has 2 aliphatic rings. The van der Waals surface area contributed by atoms with Crippen LogP contribution in [0.15, 0.2) is 30.3 Å². The van der Waals surface area contributed by atoms with E-state index < -0.39 is 0 Å². The van der Waals surface area contributed by atoms with Crippen LogP contribution in [-0.4, -0.2) is 21.7 Å². The second-order valence-corrected chi connectivity index (χ2v) is 6.72. The number of H-pyrrole nitrogens is 1.